The van der Waals surface area contributed by atoms with Gasteiger partial charge in [0.1, 0.15) is 5.82 Å². The second-order valence-corrected chi connectivity index (χ2v) is 4.86. The van der Waals surface area contributed by atoms with E-state index in [2.05, 4.69) is 41.5 Å². The Morgan fingerprint density at radius 1 is 1.41 bits per heavy atom. The van der Waals surface area contributed by atoms with Crippen LogP contribution in [0.3, 0.4) is 0 Å². The number of hydrogen-bond acceptors (Lipinski definition) is 6. The lowest BCUT2D eigenvalue weighted by Gasteiger charge is -2.15. The van der Waals surface area contributed by atoms with Crippen molar-refractivity contribution in [1.82, 2.24) is 14.9 Å². The van der Waals surface area contributed by atoms with Gasteiger partial charge in [-0.05, 0) is 41.9 Å². The third-order valence-electron chi connectivity index (χ3n) is 2.79. The summed E-state index contributed by atoms with van der Waals surface area (Å²) in [6.07, 6.45) is 4.32. The van der Waals surface area contributed by atoms with Gasteiger partial charge < -0.3 is 10.2 Å². The van der Waals surface area contributed by atoms with Gasteiger partial charge >= 0.3 is 0 Å². The summed E-state index contributed by atoms with van der Waals surface area (Å²) in [5.74, 6) is 6.45. The van der Waals surface area contributed by atoms with Gasteiger partial charge in [0.15, 0.2) is 0 Å². The predicted octanol–water partition coefficient (Wildman–Crippen LogP) is 1.03. The summed E-state index contributed by atoms with van der Waals surface area (Å²) in [5, 5.41) is 3.28. The molecule has 0 amide bonds. The van der Waals surface area contributed by atoms with Crippen LogP contribution in [-0.2, 0) is 0 Å². The summed E-state index contributed by atoms with van der Waals surface area (Å²) < 4.78 is 0.845. The Balaban J connectivity index is 1.84. The normalized spacial score (nSPS) is 16.1. The molecule has 0 aromatic carbocycles. The Morgan fingerprint density at radius 3 is 2.88 bits per heavy atom. The van der Waals surface area contributed by atoms with E-state index in [9.17, 15) is 0 Å². The number of anilines is 2. The molecule has 0 unspecified atom stereocenters. The quantitative estimate of drug-likeness (QED) is 0.557. The molecule has 1 aromatic rings. The van der Waals surface area contributed by atoms with Gasteiger partial charge in [-0.1, -0.05) is 0 Å². The molecule has 0 spiro atoms. The van der Waals surface area contributed by atoms with Crippen molar-refractivity contribution < 1.29 is 0 Å². The van der Waals surface area contributed by atoms with Crippen LogP contribution in [0.2, 0.25) is 0 Å². The smallest absolute Gasteiger partial charge is 0.239 e. The third-order valence-corrected chi connectivity index (χ3v) is 3.37. The molecule has 1 aliphatic rings. The molecule has 0 radical (unpaired) electrons. The van der Waals surface area contributed by atoms with Crippen LogP contribution in [0.5, 0.6) is 0 Å². The van der Waals surface area contributed by atoms with E-state index in [1.165, 1.54) is 25.9 Å². The first-order valence-electron chi connectivity index (χ1n) is 5.75. The lowest BCUT2D eigenvalue weighted by molar-refractivity contribution is 0.352. The maximum Gasteiger partial charge on any atom is 0.239 e. The van der Waals surface area contributed by atoms with Gasteiger partial charge in [-0.2, -0.15) is 4.98 Å². The average Bonchev–Trinajstić information content (AvgIpc) is 2.84. The topological polar surface area (TPSA) is 79.1 Å². The largest absolute Gasteiger partial charge is 0.368 e. The second kappa shape index (κ2) is 6.13. The number of rotatable bonds is 5. The van der Waals surface area contributed by atoms with E-state index in [1.807, 2.05) is 0 Å². The molecule has 0 atom stereocenters. The number of hydrazine groups is 1. The highest BCUT2D eigenvalue weighted by atomic mass is 79.9. The number of likely N-dealkylation sites (tertiary alicyclic amines) is 1. The monoisotopic (exact) mass is 300 g/mol. The second-order valence-electron chi connectivity index (χ2n) is 4.01. The standard InChI is InChI=1S/C10H17BrN6/c11-8-7-14-10(16-12)15-9(8)13-3-6-17-4-1-2-5-17/h7H,1-6,12H2,(H2,13,14,15,16). The fourth-order valence-corrected chi connectivity index (χ4v) is 2.23. The minimum Gasteiger partial charge on any atom is -0.368 e. The molecule has 1 saturated heterocycles. The molecule has 0 aliphatic carbocycles. The Kier molecular flexibility index (Phi) is 4.52. The van der Waals surface area contributed by atoms with Crippen molar-refractivity contribution in [2.75, 3.05) is 36.9 Å². The molecule has 6 nitrogen and oxygen atoms in total. The predicted molar refractivity (Wildman–Crippen MR) is 71.7 cm³/mol. The van der Waals surface area contributed by atoms with Crippen molar-refractivity contribution >= 4 is 27.7 Å². The Hall–Kier alpha value is -0.920. The van der Waals surface area contributed by atoms with Crippen molar-refractivity contribution in [1.29, 1.82) is 0 Å². The number of halogens is 1. The van der Waals surface area contributed by atoms with Gasteiger partial charge in [-0.3, -0.25) is 5.43 Å². The highest BCUT2D eigenvalue weighted by Crippen LogP contribution is 2.19. The first-order valence-corrected chi connectivity index (χ1v) is 6.54. The number of nitrogens with two attached hydrogens (primary N) is 1. The van der Waals surface area contributed by atoms with Crippen LogP contribution in [0.1, 0.15) is 12.8 Å². The maximum absolute atomic E-state index is 5.27. The summed E-state index contributed by atoms with van der Waals surface area (Å²) in [5.41, 5.74) is 2.43. The molecular formula is C10H17BrN6. The van der Waals surface area contributed by atoms with Gasteiger partial charge in [-0.15, -0.1) is 0 Å². The molecule has 1 aliphatic heterocycles. The van der Waals surface area contributed by atoms with E-state index in [1.54, 1.807) is 6.20 Å². The number of nitrogen functional groups attached to an aromatic ring is 1. The number of aromatic nitrogens is 2. The lowest BCUT2D eigenvalue weighted by atomic mass is 10.4. The van der Waals surface area contributed by atoms with Crippen molar-refractivity contribution in [3.05, 3.63) is 10.7 Å². The van der Waals surface area contributed by atoms with Crippen LogP contribution in [0, 0.1) is 0 Å². The molecule has 17 heavy (non-hydrogen) atoms. The van der Waals surface area contributed by atoms with Crippen LogP contribution in [0.25, 0.3) is 0 Å². The van der Waals surface area contributed by atoms with Crippen molar-refractivity contribution in [3.8, 4) is 0 Å². The molecule has 1 aromatic heterocycles. The summed E-state index contributed by atoms with van der Waals surface area (Å²) in [6.45, 7) is 4.34. The molecular weight excluding hydrogens is 284 g/mol. The van der Waals surface area contributed by atoms with Crippen LogP contribution >= 0.6 is 15.9 Å². The Bertz CT molecular complexity index is 366. The van der Waals surface area contributed by atoms with E-state index in [0.29, 0.717) is 5.95 Å². The van der Waals surface area contributed by atoms with E-state index >= 15 is 0 Å². The highest BCUT2D eigenvalue weighted by Gasteiger charge is 2.11. The molecule has 0 saturated carbocycles. The molecule has 2 rings (SSSR count). The van der Waals surface area contributed by atoms with Crippen LogP contribution in [-0.4, -0.2) is 41.0 Å². The Morgan fingerprint density at radius 2 is 2.18 bits per heavy atom. The first-order chi connectivity index (χ1) is 8.29. The molecule has 7 heteroatoms. The first kappa shape index (κ1) is 12.5. The highest BCUT2D eigenvalue weighted by molar-refractivity contribution is 9.10. The molecule has 2 heterocycles. The van der Waals surface area contributed by atoms with Gasteiger partial charge in [0.05, 0.1) is 4.47 Å². The van der Waals surface area contributed by atoms with Crippen molar-refractivity contribution in [3.63, 3.8) is 0 Å². The maximum atomic E-state index is 5.27. The minimum atomic E-state index is 0.414. The van der Waals surface area contributed by atoms with Gasteiger partial charge in [-0.25, -0.2) is 10.8 Å². The fraction of sp³-hybridized carbons (Fsp3) is 0.600. The molecule has 1 fully saturated rings. The number of hydrogen-bond donors (Lipinski definition) is 3. The minimum absolute atomic E-state index is 0.414. The average molecular weight is 301 g/mol. The molecule has 0 bridgehead atoms. The van der Waals surface area contributed by atoms with Gasteiger partial charge in [0.25, 0.3) is 0 Å². The summed E-state index contributed by atoms with van der Waals surface area (Å²) in [4.78, 5) is 10.7. The molecule has 4 N–H and O–H groups in total. The van der Waals surface area contributed by atoms with Crippen LogP contribution in [0.4, 0.5) is 11.8 Å². The van der Waals surface area contributed by atoms with E-state index in [4.69, 9.17) is 5.84 Å². The SMILES string of the molecule is NNc1ncc(Br)c(NCCN2CCCC2)n1. The fourth-order valence-electron chi connectivity index (χ4n) is 1.90. The summed E-state index contributed by atoms with van der Waals surface area (Å²) >= 11 is 3.40. The summed E-state index contributed by atoms with van der Waals surface area (Å²) in [7, 11) is 0. The zero-order chi connectivity index (χ0) is 12.1. The van der Waals surface area contributed by atoms with E-state index in [0.717, 1.165) is 23.4 Å². The van der Waals surface area contributed by atoms with E-state index < -0.39 is 0 Å². The van der Waals surface area contributed by atoms with Crippen LogP contribution in [0.15, 0.2) is 10.7 Å². The van der Waals surface area contributed by atoms with Crippen molar-refractivity contribution in [2.45, 2.75) is 12.8 Å². The summed E-state index contributed by atoms with van der Waals surface area (Å²) in [6, 6.07) is 0. The van der Waals surface area contributed by atoms with Gasteiger partial charge in [0, 0.05) is 19.3 Å². The molecule has 94 valence electrons. The third kappa shape index (κ3) is 3.52. The van der Waals surface area contributed by atoms with Crippen LogP contribution < -0.4 is 16.6 Å². The van der Waals surface area contributed by atoms with E-state index in [-0.39, 0.29) is 0 Å². The lowest BCUT2D eigenvalue weighted by Crippen LogP contribution is -2.26. The Labute approximate surface area is 109 Å². The zero-order valence-electron chi connectivity index (χ0n) is 9.62. The van der Waals surface area contributed by atoms with Gasteiger partial charge in [0.2, 0.25) is 5.95 Å². The number of nitrogens with zero attached hydrogens (tertiary/aromatic N) is 3. The zero-order valence-corrected chi connectivity index (χ0v) is 11.2. The van der Waals surface area contributed by atoms with Crippen molar-refractivity contribution in [2.24, 2.45) is 5.84 Å². The number of nitrogens with one attached hydrogen (secondary N) is 2.